The maximum Gasteiger partial charge on any atom is 0.183 e. The highest BCUT2D eigenvalue weighted by Gasteiger charge is 2.23. The van der Waals surface area contributed by atoms with Crippen molar-refractivity contribution < 1.29 is 9.47 Å². The van der Waals surface area contributed by atoms with Gasteiger partial charge in [0.05, 0.1) is 14.2 Å². The van der Waals surface area contributed by atoms with Gasteiger partial charge in [-0.15, -0.1) is 0 Å². The molecule has 0 aromatic carbocycles. The number of aromatic nitrogens is 1. The first-order chi connectivity index (χ1) is 9.30. The average molecular weight is 266 g/mol. The molecule has 1 saturated heterocycles. The first-order valence-corrected chi connectivity index (χ1v) is 6.50. The monoisotopic (exact) mass is 266 g/mol. The Morgan fingerprint density at radius 2 is 2.32 bits per heavy atom. The minimum Gasteiger partial charge on any atom is -0.493 e. The molecule has 0 spiro atoms. The van der Waals surface area contributed by atoms with Crippen LogP contribution in [-0.4, -0.2) is 56.3 Å². The molecule has 1 aromatic rings. The molecule has 106 valence electrons. The summed E-state index contributed by atoms with van der Waals surface area (Å²) in [6.07, 6.45) is 1.75. The van der Waals surface area contributed by atoms with Crippen molar-refractivity contribution in [2.24, 2.45) is 5.73 Å². The molecular formula is C13H22N4O2. The number of nitrogens with zero attached hydrogens (tertiary/aromatic N) is 2. The van der Waals surface area contributed by atoms with Crippen molar-refractivity contribution in [3.05, 3.63) is 18.0 Å². The molecule has 6 nitrogen and oxygen atoms in total. The largest absolute Gasteiger partial charge is 0.493 e. The molecule has 2 rings (SSSR count). The molecule has 1 atom stereocenters. The van der Waals surface area contributed by atoms with Crippen molar-refractivity contribution in [2.75, 3.05) is 40.4 Å². The number of pyridine rings is 1. The van der Waals surface area contributed by atoms with Gasteiger partial charge in [-0.25, -0.2) is 0 Å². The molecule has 6 heteroatoms. The molecule has 1 aliphatic rings. The lowest BCUT2D eigenvalue weighted by molar-refractivity contribution is 0.154. The van der Waals surface area contributed by atoms with Gasteiger partial charge in [0.1, 0.15) is 5.69 Å². The molecule has 3 N–H and O–H groups in total. The Morgan fingerprint density at radius 3 is 3.00 bits per heavy atom. The zero-order chi connectivity index (χ0) is 13.7. The smallest absolute Gasteiger partial charge is 0.183 e. The summed E-state index contributed by atoms with van der Waals surface area (Å²) < 4.78 is 10.7. The molecule has 1 aromatic heterocycles. The number of ether oxygens (including phenoxy) is 2. The lowest BCUT2D eigenvalue weighted by Crippen LogP contribution is -2.53. The van der Waals surface area contributed by atoms with Crippen LogP contribution in [-0.2, 0) is 6.54 Å². The van der Waals surface area contributed by atoms with Gasteiger partial charge in [-0.2, -0.15) is 0 Å². The lowest BCUT2D eigenvalue weighted by Gasteiger charge is -2.35. The van der Waals surface area contributed by atoms with E-state index in [-0.39, 0.29) is 0 Å². The summed E-state index contributed by atoms with van der Waals surface area (Å²) in [5.74, 6) is 1.42. The van der Waals surface area contributed by atoms with Crippen LogP contribution in [0.15, 0.2) is 12.3 Å². The SMILES string of the molecule is COc1ccnc(CN2CCNCC2CN)c1OC. The van der Waals surface area contributed by atoms with Crippen LogP contribution in [0.4, 0.5) is 0 Å². The number of hydrogen-bond acceptors (Lipinski definition) is 6. The fraction of sp³-hybridized carbons (Fsp3) is 0.615. The van der Waals surface area contributed by atoms with Crippen molar-refractivity contribution in [3.8, 4) is 11.5 Å². The molecule has 1 unspecified atom stereocenters. The van der Waals surface area contributed by atoms with Crippen molar-refractivity contribution in [2.45, 2.75) is 12.6 Å². The van der Waals surface area contributed by atoms with Gasteiger partial charge in [0.15, 0.2) is 11.5 Å². The summed E-state index contributed by atoms with van der Waals surface area (Å²) >= 11 is 0. The van der Waals surface area contributed by atoms with E-state index in [1.165, 1.54) is 0 Å². The van der Waals surface area contributed by atoms with E-state index in [1.54, 1.807) is 26.5 Å². The van der Waals surface area contributed by atoms with E-state index in [4.69, 9.17) is 15.2 Å². The van der Waals surface area contributed by atoms with Gasteiger partial charge in [0, 0.05) is 51.0 Å². The molecule has 0 saturated carbocycles. The lowest BCUT2D eigenvalue weighted by atomic mass is 10.1. The summed E-state index contributed by atoms with van der Waals surface area (Å²) in [5, 5.41) is 3.35. The van der Waals surface area contributed by atoms with Gasteiger partial charge in [-0.3, -0.25) is 9.88 Å². The van der Waals surface area contributed by atoms with Crippen molar-refractivity contribution in [1.29, 1.82) is 0 Å². The van der Waals surface area contributed by atoms with Crippen LogP contribution >= 0.6 is 0 Å². The predicted molar refractivity (Wildman–Crippen MR) is 73.5 cm³/mol. The van der Waals surface area contributed by atoms with Crippen LogP contribution in [0.25, 0.3) is 0 Å². The Kier molecular flexibility index (Phi) is 4.95. The molecular weight excluding hydrogens is 244 g/mol. The summed E-state index contributed by atoms with van der Waals surface area (Å²) in [6.45, 7) is 4.22. The van der Waals surface area contributed by atoms with Crippen LogP contribution in [0.2, 0.25) is 0 Å². The van der Waals surface area contributed by atoms with Gasteiger partial charge in [0.2, 0.25) is 0 Å². The third-order valence-corrected chi connectivity index (χ3v) is 3.46. The van der Waals surface area contributed by atoms with Crippen LogP contribution in [0.1, 0.15) is 5.69 Å². The number of hydrogen-bond donors (Lipinski definition) is 2. The molecule has 2 heterocycles. The Morgan fingerprint density at radius 1 is 1.47 bits per heavy atom. The van der Waals surface area contributed by atoms with E-state index in [2.05, 4.69) is 15.2 Å². The summed E-state index contributed by atoms with van der Waals surface area (Å²) in [5.41, 5.74) is 6.71. The van der Waals surface area contributed by atoms with E-state index >= 15 is 0 Å². The first kappa shape index (κ1) is 14.0. The Bertz CT molecular complexity index is 414. The highest BCUT2D eigenvalue weighted by molar-refractivity contribution is 5.42. The second-order valence-electron chi connectivity index (χ2n) is 4.56. The Labute approximate surface area is 113 Å². The van der Waals surface area contributed by atoms with Crippen LogP contribution in [0, 0.1) is 0 Å². The number of nitrogens with two attached hydrogens (primary N) is 1. The normalized spacial score (nSPS) is 20.3. The van der Waals surface area contributed by atoms with E-state index in [0.717, 1.165) is 31.9 Å². The maximum absolute atomic E-state index is 5.82. The zero-order valence-corrected chi connectivity index (χ0v) is 11.6. The average Bonchev–Trinajstić information content (AvgIpc) is 2.47. The highest BCUT2D eigenvalue weighted by Crippen LogP contribution is 2.30. The zero-order valence-electron chi connectivity index (χ0n) is 11.6. The van der Waals surface area contributed by atoms with Crippen molar-refractivity contribution in [1.82, 2.24) is 15.2 Å². The Hall–Kier alpha value is -1.37. The number of piperazine rings is 1. The van der Waals surface area contributed by atoms with Gasteiger partial charge < -0.3 is 20.5 Å². The molecule has 1 fully saturated rings. The number of methoxy groups -OCH3 is 2. The summed E-state index contributed by atoms with van der Waals surface area (Å²) in [4.78, 5) is 6.75. The van der Waals surface area contributed by atoms with E-state index < -0.39 is 0 Å². The Balaban J connectivity index is 2.17. The van der Waals surface area contributed by atoms with Crippen LogP contribution < -0.4 is 20.5 Å². The fourth-order valence-electron chi connectivity index (χ4n) is 2.40. The molecule has 19 heavy (non-hydrogen) atoms. The quantitative estimate of drug-likeness (QED) is 0.771. The van der Waals surface area contributed by atoms with Crippen molar-refractivity contribution >= 4 is 0 Å². The number of nitrogens with one attached hydrogen (secondary N) is 1. The molecule has 1 aliphatic heterocycles. The van der Waals surface area contributed by atoms with E-state index in [1.807, 2.05) is 0 Å². The topological polar surface area (TPSA) is 72.6 Å². The first-order valence-electron chi connectivity index (χ1n) is 6.50. The second kappa shape index (κ2) is 6.70. The van der Waals surface area contributed by atoms with Gasteiger partial charge >= 0.3 is 0 Å². The molecule has 0 radical (unpaired) electrons. The van der Waals surface area contributed by atoms with E-state index in [9.17, 15) is 0 Å². The molecule has 0 aliphatic carbocycles. The van der Waals surface area contributed by atoms with E-state index in [0.29, 0.717) is 24.1 Å². The second-order valence-corrected chi connectivity index (χ2v) is 4.56. The summed E-state index contributed by atoms with van der Waals surface area (Å²) in [7, 11) is 3.27. The molecule has 0 amide bonds. The highest BCUT2D eigenvalue weighted by atomic mass is 16.5. The van der Waals surface area contributed by atoms with Crippen LogP contribution in [0.5, 0.6) is 11.5 Å². The molecule has 0 bridgehead atoms. The maximum atomic E-state index is 5.82. The minimum absolute atomic E-state index is 0.339. The van der Waals surface area contributed by atoms with Crippen molar-refractivity contribution in [3.63, 3.8) is 0 Å². The van der Waals surface area contributed by atoms with Gasteiger partial charge in [-0.1, -0.05) is 0 Å². The van der Waals surface area contributed by atoms with Gasteiger partial charge in [-0.05, 0) is 0 Å². The minimum atomic E-state index is 0.339. The number of rotatable bonds is 5. The van der Waals surface area contributed by atoms with Gasteiger partial charge in [0.25, 0.3) is 0 Å². The van der Waals surface area contributed by atoms with Crippen LogP contribution in [0.3, 0.4) is 0 Å². The summed E-state index contributed by atoms with van der Waals surface area (Å²) in [6, 6.07) is 2.15. The standard InChI is InChI=1S/C13H22N4O2/c1-18-12-3-4-16-11(13(12)19-2)9-17-6-5-15-8-10(17)7-14/h3-4,10,15H,5-9,14H2,1-2H3. The fourth-order valence-corrected chi connectivity index (χ4v) is 2.40. The third-order valence-electron chi connectivity index (χ3n) is 3.46. The third kappa shape index (κ3) is 3.15. The predicted octanol–water partition coefficient (Wildman–Crippen LogP) is -0.169.